The van der Waals surface area contributed by atoms with Crippen molar-refractivity contribution < 1.29 is 9.84 Å². The van der Waals surface area contributed by atoms with Gasteiger partial charge in [0, 0.05) is 19.6 Å². The summed E-state index contributed by atoms with van der Waals surface area (Å²) in [5.41, 5.74) is 0.0472. The van der Waals surface area contributed by atoms with E-state index in [0.29, 0.717) is 0 Å². The minimum atomic E-state index is 0.0472. The zero-order valence-electron chi connectivity index (χ0n) is 11.2. The fourth-order valence-corrected chi connectivity index (χ4v) is 2.87. The highest BCUT2D eigenvalue weighted by molar-refractivity contribution is 4.90. The highest BCUT2D eigenvalue weighted by Gasteiger charge is 2.40. The Morgan fingerprint density at radius 3 is 2.76 bits per heavy atom. The number of aliphatic hydroxyl groups excluding tert-OH is 1. The number of ether oxygens (including phenoxy) is 1. The summed E-state index contributed by atoms with van der Waals surface area (Å²) in [5, 5.41) is 9.43. The molecule has 17 heavy (non-hydrogen) atoms. The van der Waals surface area contributed by atoms with E-state index >= 15 is 0 Å². The third-order valence-electron chi connectivity index (χ3n) is 4.19. The first kappa shape index (κ1) is 13.3. The van der Waals surface area contributed by atoms with Crippen molar-refractivity contribution >= 4 is 0 Å². The van der Waals surface area contributed by atoms with Crippen LogP contribution in [0.4, 0.5) is 0 Å². The molecule has 4 nitrogen and oxygen atoms in total. The van der Waals surface area contributed by atoms with Crippen molar-refractivity contribution in [1.82, 2.24) is 9.80 Å². The van der Waals surface area contributed by atoms with Crippen LogP contribution < -0.4 is 0 Å². The van der Waals surface area contributed by atoms with Gasteiger partial charge in [0.15, 0.2) is 0 Å². The van der Waals surface area contributed by atoms with E-state index in [9.17, 15) is 5.11 Å². The first-order valence-corrected chi connectivity index (χ1v) is 6.77. The second kappa shape index (κ2) is 5.65. The molecule has 1 atom stereocenters. The summed E-state index contributed by atoms with van der Waals surface area (Å²) in [4.78, 5) is 4.90. The highest BCUT2D eigenvalue weighted by Crippen LogP contribution is 2.30. The third kappa shape index (κ3) is 3.19. The Balaban J connectivity index is 1.74. The van der Waals surface area contributed by atoms with E-state index in [4.69, 9.17) is 4.74 Å². The predicted molar refractivity (Wildman–Crippen MR) is 68.1 cm³/mol. The average molecular weight is 242 g/mol. The second-order valence-corrected chi connectivity index (χ2v) is 5.90. The van der Waals surface area contributed by atoms with Crippen molar-refractivity contribution in [2.24, 2.45) is 11.3 Å². The van der Waals surface area contributed by atoms with Crippen LogP contribution in [0.25, 0.3) is 0 Å². The molecule has 4 heteroatoms. The zero-order valence-corrected chi connectivity index (χ0v) is 11.2. The Kier molecular flexibility index (Phi) is 4.42. The molecule has 0 aromatic rings. The van der Waals surface area contributed by atoms with Gasteiger partial charge in [0.1, 0.15) is 0 Å². The highest BCUT2D eigenvalue weighted by atomic mass is 16.5. The fourth-order valence-electron chi connectivity index (χ4n) is 2.87. The number of aliphatic hydroxyl groups is 1. The van der Waals surface area contributed by atoms with Crippen LogP contribution >= 0.6 is 0 Å². The average Bonchev–Trinajstić information content (AvgIpc) is 2.71. The molecule has 0 aromatic heterocycles. The Hall–Kier alpha value is -0.160. The standard InChI is InChI=1S/C13H26N2O2/c1-3-14(2)6-12-4-5-15(7-12)8-13(9-16)10-17-11-13/h12,16H,3-11H2,1-2H3. The summed E-state index contributed by atoms with van der Waals surface area (Å²) in [6.07, 6.45) is 1.30. The van der Waals surface area contributed by atoms with E-state index in [1.54, 1.807) is 0 Å². The molecule has 2 rings (SSSR count). The van der Waals surface area contributed by atoms with Crippen molar-refractivity contribution in [3.05, 3.63) is 0 Å². The molecule has 0 aromatic carbocycles. The van der Waals surface area contributed by atoms with Crippen molar-refractivity contribution in [1.29, 1.82) is 0 Å². The Bertz CT molecular complexity index is 238. The van der Waals surface area contributed by atoms with Crippen LogP contribution in [0.3, 0.4) is 0 Å². The molecule has 1 unspecified atom stereocenters. The van der Waals surface area contributed by atoms with E-state index in [-0.39, 0.29) is 12.0 Å². The summed E-state index contributed by atoms with van der Waals surface area (Å²) < 4.78 is 5.25. The molecular formula is C13H26N2O2. The normalized spacial score (nSPS) is 28.6. The van der Waals surface area contributed by atoms with Gasteiger partial charge in [-0.2, -0.15) is 0 Å². The topological polar surface area (TPSA) is 35.9 Å². The predicted octanol–water partition coefficient (Wildman–Crippen LogP) is 0.269. The second-order valence-electron chi connectivity index (χ2n) is 5.90. The van der Waals surface area contributed by atoms with Crippen LogP contribution in [0, 0.1) is 11.3 Å². The molecule has 0 radical (unpaired) electrons. The largest absolute Gasteiger partial charge is 0.396 e. The van der Waals surface area contributed by atoms with Crippen molar-refractivity contribution in [3.63, 3.8) is 0 Å². The maximum atomic E-state index is 9.43. The van der Waals surface area contributed by atoms with Crippen LogP contribution in [0.15, 0.2) is 0 Å². The molecule has 2 aliphatic rings. The van der Waals surface area contributed by atoms with Gasteiger partial charge < -0.3 is 19.6 Å². The number of likely N-dealkylation sites (tertiary alicyclic amines) is 1. The van der Waals surface area contributed by atoms with Gasteiger partial charge in [-0.05, 0) is 32.5 Å². The maximum absolute atomic E-state index is 9.43. The number of hydrogen-bond acceptors (Lipinski definition) is 4. The molecule has 0 amide bonds. The zero-order chi connectivity index (χ0) is 12.3. The van der Waals surface area contributed by atoms with E-state index in [0.717, 1.165) is 32.2 Å². The molecule has 0 saturated carbocycles. The lowest BCUT2D eigenvalue weighted by Gasteiger charge is -2.42. The minimum absolute atomic E-state index is 0.0472. The summed E-state index contributed by atoms with van der Waals surface area (Å²) in [6, 6.07) is 0. The SMILES string of the molecule is CCN(C)CC1CCN(CC2(CO)COC2)C1. The van der Waals surface area contributed by atoms with E-state index in [2.05, 4.69) is 23.8 Å². The van der Waals surface area contributed by atoms with Crippen molar-refractivity contribution in [3.8, 4) is 0 Å². The summed E-state index contributed by atoms with van der Waals surface area (Å²) >= 11 is 0. The molecule has 0 spiro atoms. The first-order chi connectivity index (χ1) is 8.17. The van der Waals surface area contributed by atoms with Crippen molar-refractivity contribution in [2.45, 2.75) is 13.3 Å². The molecule has 0 aliphatic carbocycles. The molecule has 100 valence electrons. The summed E-state index contributed by atoms with van der Waals surface area (Å²) in [5.74, 6) is 0.802. The van der Waals surface area contributed by atoms with Gasteiger partial charge >= 0.3 is 0 Å². The molecule has 2 aliphatic heterocycles. The number of rotatable bonds is 6. The van der Waals surface area contributed by atoms with Crippen LogP contribution in [-0.4, -0.2) is 74.5 Å². The molecule has 2 fully saturated rings. The van der Waals surface area contributed by atoms with Gasteiger partial charge in [-0.15, -0.1) is 0 Å². The van der Waals surface area contributed by atoms with Crippen LogP contribution in [-0.2, 0) is 4.74 Å². The first-order valence-electron chi connectivity index (χ1n) is 6.77. The van der Waals surface area contributed by atoms with Gasteiger partial charge in [0.25, 0.3) is 0 Å². The maximum Gasteiger partial charge on any atom is 0.0579 e. The summed E-state index contributed by atoms with van der Waals surface area (Å²) in [6.45, 7) is 9.66. The van der Waals surface area contributed by atoms with Gasteiger partial charge in [-0.25, -0.2) is 0 Å². The monoisotopic (exact) mass is 242 g/mol. The summed E-state index contributed by atoms with van der Waals surface area (Å²) in [7, 11) is 2.19. The fraction of sp³-hybridized carbons (Fsp3) is 1.00. The minimum Gasteiger partial charge on any atom is -0.396 e. The number of hydrogen-bond donors (Lipinski definition) is 1. The van der Waals surface area contributed by atoms with Crippen molar-refractivity contribution in [2.75, 3.05) is 59.6 Å². The van der Waals surface area contributed by atoms with E-state index in [1.807, 2.05) is 0 Å². The van der Waals surface area contributed by atoms with E-state index < -0.39 is 0 Å². The lowest BCUT2D eigenvalue weighted by molar-refractivity contribution is -0.146. The smallest absolute Gasteiger partial charge is 0.0579 e. The Labute approximate surface area is 105 Å². The van der Waals surface area contributed by atoms with Crippen LogP contribution in [0.5, 0.6) is 0 Å². The van der Waals surface area contributed by atoms with Gasteiger partial charge in [0.05, 0.1) is 25.2 Å². The van der Waals surface area contributed by atoms with Crippen LogP contribution in [0.2, 0.25) is 0 Å². The third-order valence-corrected chi connectivity index (χ3v) is 4.19. The molecule has 0 bridgehead atoms. The lowest BCUT2D eigenvalue weighted by atomic mass is 9.86. The Morgan fingerprint density at radius 2 is 2.24 bits per heavy atom. The molecule has 2 saturated heterocycles. The van der Waals surface area contributed by atoms with Gasteiger partial charge in [-0.3, -0.25) is 0 Å². The number of nitrogens with zero attached hydrogens (tertiary/aromatic N) is 2. The van der Waals surface area contributed by atoms with Gasteiger partial charge in [-0.1, -0.05) is 6.92 Å². The van der Waals surface area contributed by atoms with E-state index in [1.165, 1.54) is 26.1 Å². The molecule has 1 N–H and O–H groups in total. The Morgan fingerprint density at radius 1 is 1.47 bits per heavy atom. The van der Waals surface area contributed by atoms with Crippen LogP contribution in [0.1, 0.15) is 13.3 Å². The lowest BCUT2D eigenvalue weighted by Crippen LogP contribution is -2.53. The molecule has 2 heterocycles. The quantitative estimate of drug-likeness (QED) is 0.725. The van der Waals surface area contributed by atoms with Gasteiger partial charge in [0.2, 0.25) is 0 Å². The molecular weight excluding hydrogens is 216 g/mol.